The molecular formula is C14H23N3OS. The van der Waals surface area contributed by atoms with Crippen molar-refractivity contribution < 1.29 is 5.11 Å². The van der Waals surface area contributed by atoms with Crippen LogP contribution >= 0.6 is 12.2 Å². The van der Waals surface area contributed by atoms with Crippen LogP contribution in [0.5, 0.6) is 0 Å². The fourth-order valence-electron chi connectivity index (χ4n) is 2.24. The molecule has 0 unspecified atom stereocenters. The number of hydrogen-bond donors (Lipinski definition) is 2. The highest BCUT2D eigenvalue weighted by Crippen LogP contribution is 2.26. The molecule has 1 rings (SSSR count). The van der Waals surface area contributed by atoms with E-state index >= 15 is 0 Å². The van der Waals surface area contributed by atoms with Crippen LogP contribution < -0.4 is 10.6 Å². The number of hydrogen-bond acceptors (Lipinski definition) is 4. The number of anilines is 1. The summed E-state index contributed by atoms with van der Waals surface area (Å²) in [7, 11) is 0. The minimum atomic E-state index is 0.175. The van der Waals surface area contributed by atoms with Crippen LogP contribution in [0.3, 0.4) is 0 Å². The number of aliphatic hydroxyl groups excluding tert-OH is 1. The molecule has 0 bridgehead atoms. The Balaban J connectivity index is 3.31. The molecule has 0 saturated carbocycles. The number of nitrogens with two attached hydrogens (primary N) is 1. The third-order valence-electron chi connectivity index (χ3n) is 3.04. The zero-order valence-electron chi connectivity index (χ0n) is 12.1. The second-order valence-corrected chi connectivity index (χ2v) is 5.41. The fraction of sp³-hybridized carbons (Fsp3) is 0.571. The van der Waals surface area contributed by atoms with Gasteiger partial charge >= 0.3 is 0 Å². The second kappa shape index (κ2) is 6.82. The highest BCUT2D eigenvalue weighted by Gasteiger charge is 2.18. The molecule has 1 heterocycles. The smallest absolute Gasteiger partial charge is 0.107 e. The third kappa shape index (κ3) is 3.88. The normalized spacial score (nSPS) is 10.8. The molecule has 0 radical (unpaired) electrons. The molecule has 106 valence electrons. The van der Waals surface area contributed by atoms with Crippen molar-refractivity contribution >= 4 is 22.9 Å². The summed E-state index contributed by atoms with van der Waals surface area (Å²) < 4.78 is 0. The van der Waals surface area contributed by atoms with E-state index in [0.717, 1.165) is 35.6 Å². The predicted molar refractivity (Wildman–Crippen MR) is 83.8 cm³/mol. The van der Waals surface area contributed by atoms with Crippen LogP contribution in [0.2, 0.25) is 0 Å². The zero-order chi connectivity index (χ0) is 14.6. The summed E-state index contributed by atoms with van der Waals surface area (Å²) >= 11 is 5.16. The monoisotopic (exact) mass is 281 g/mol. The molecule has 0 aromatic carbocycles. The SMILES string of the molecule is Cc1cc(N(CCCO)C(C)C)c(C(N)=S)c(C)n1. The van der Waals surface area contributed by atoms with E-state index in [0.29, 0.717) is 11.0 Å². The first-order chi connectivity index (χ1) is 8.88. The summed E-state index contributed by atoms with van der Waals surface area (Å²) in [5.74, 6) is 0. The van der Waals surface area contributed by atoms with Crippen LogP contribution in [-0.2, 0) is 0 Å². The Hall–Kier alpha value is -1.20. The summed E-state index contributed by atoms with van der Waals surface area (Å²) in [6.45, 7) is 9.07. The number of aryl methyl sites for hydroxylation is 2. The van der Waals surface area contributed by atoms with E-state index < -0.39 is 0 Å². The molecule has 0 saturated heterocycles. The van der Waals surface area contributed by atoms with Gasteiger partial charge in [-0.1, -0.05) is 12.2 Å². The quantitative estimate of drug-likeness (QED) is 0.780. The predicted octanol–water partition coefficient (Wildman–Crippen LogP) is 1.93. The van der Waals surface area contributed by atoms with Gasteiger partial charge in [0.15, 0.2) is 0 Å². The Labute approximate surface area is 120 Å². The Kier molecular flexibility index (Phi) is 5.69. The molecule has 3 N–H and O–H groups in total. The van der Waals surface area contributed by atoms with Crippen molar-refractivity contribution in [2.24, 2.45) is 5.73 Å². The van der Waals surface area contributed by atoms with Gasteiger partial charge in [0.25, 0.3) is 0 Å². The molecule has 5 heteroatoms. The molecule has 0 atom stereocenters. The molecule has 0 aliphatic carbocycles. The van der Waals surface area contributed by atoms with Gasteiger partial charge in [0.1, 0.15) is 4.99 Å². The Morgan fingerprint density at radius 1 is 1.47 bits per heavy atom. The van der Waals surface area contributed by atoms with Gasteiger partial charge in [0.2, 0.25) is 0 Å². The van der Waals surface area contributed by atoms with Crippen molar-refractivity contribution in [1.29, 1.82) is 0 Å². The van der Waals surface area contributed by atoms with Gasteiger partial charge in [-0.25, -0.2) is 0 Å². The van der Waals surface area contributed by atoms with Crippen LogP contribution in [0.1, 0.15) is 37.2 Å². The lowest BCUT2D eigenvalue weighted by molar-refractivity contribution is 0.288. The highest BCUT2D eigenvalue weighted by atomic mass is 32.1. The average Bonchev–Trinajstić information content (AvgIpc) is 2.27. The largest absolute Gasteiger partial charge is 0.396 e. The van der Waals surface area contributed by atoms with Gasteiger partial charge in [-0.15, -0.1) is 0 Å². The average molecular weight is 281 g/mol. The molecule has 0 amide bonds. The van der Waals surface area contributed by atoms with Gasteiger partial charge in [0, 0.05) is 30.6 Å². The summed E-state index contributed by atoms with van der Waals surface area (Å²) in [6, 6.07) is 2.32. The van der Waals surface area contributed by atoms with Crippen LogP contribution in [0, 0.1) is 13.8 Å². The minimum absolute atomic E-state index is 0.175. The van der Waals surface area contributed by atoms with Crippen molar-refractivity contribution in [2.75, 3.05) is 18.1 Å². The Morgan fingerprint density at radius 2 is 2.11 bits per heavy atom. The molecule has 0 fully saturated rings. The van der Waals surface area contributed by atoms with E-state index in [1.54, 1.807) is 0 Å². The standard InChI is InChI=1S/C14H23N3OS/c1-9(2)17(6-5-7-18)12-8-10(3)16-11(4)13(12)14(15)19/h8-9,18H,5-7H2,1-4H3,(H2,15,19). The van der Waals surface area contributed by atoms with E-state index in [1.807, 2.05) is 19.9 Å². The number of aliphatic hydroxyl groups is 1. The van der Waals surface area contributed by atoms with Gasteiger partial charge in [-0.2, -0.15) is 0 Å². The van der Waals surface area contributed by atoms with Gasteiger partial charge in [-0.05, 0) is 40.2 Å². The maximum absolute atomic E-state index is 9.04. The van der Waals surface area contributed by atoms with E-state index in [1.165, 1.54) is 0 Å². The molecule has 4 nitrogen and oxygen atoms in total. The first-order valence-corrected chi connectivity index (χ1v) is 6.94. The molecule has 1 aromatic heterocycles. The van der Waals surface area contributed by atoms with E-state index in [2.05, 4.69) is 23.7 Å². The summed E-state index contributed by atoms with van der Waals surface area (Å²) in [5.41, 5.74) is 9.51. The summed E-state index contributed by atoms with van der Waals surface area (Å²) in [6.07, 6.45) is 0.718. The van der Waals surface area contributed by atoms with E-state index in [-0.39, 0.29) is 6.61 Å². The maximum Gasteiger partial charge on any atom is 0.107 e. The van der Waals surface area contributed by atoms with Gasteiger partial charge in [0.05, 0.1) is 11.3 Å². The van der Waals surface area contributed by atoms with E-state index in [4.69, 9.17) is 23.1 Å². The lowest BCUT2D eigenvalue weighted by Crippen LogP contribution is -2.34. The van der Waals surface area contributed by atoms with Crippen LogP contribution in [0.4, 0.5) is 5.69 Å². The number of aromatic nitrogens is 1. The highest BCUT2D eigenvalue weighted by molar-refractivity contribution is 7.80. The molecule has 0 spiro atoms. The summed E-state index contributed by atoms with van der Waals surface area (Å²) in [5, 5.41) is 9.04. The molecule has 0 aliphatic heterocycles. The van der Waals surface area contributed by atoms with Crippen LogP contribution in [0.15, 0.2) is 6.07 Å². The molecule has 0 aliphatic rings. The summed E-state index contributed by atoms with van der Waals surface area (Å²) in [4.78, 5) is 7.02. The van der Waals surface area contributed by atoms with Crippen molar-refractivity contribution in [3.05, 3.63) is 23.0 Å². The first kappa shape index (κ1) is 15.9. The number of thiocarbonyl (C=S) groups is 1. The number of nitrogens with zero attached hydrogens (tertiary/aromatic N) is 2. The molecule has 1 aromatic rings. The van der Waals surface area contributed by atoms with Gasteiger partial charge < -0.3 is 15.7 Å². The Morgan fingerprint density at radius 3 is 2.58 bits per heavy atom. The maximum atomic E-state index is 9.04. The number of pyridine rings is 1. The van der Waals surface area contributed by atoms with Crippen LogP contribution in [0.25, 0.3) is 0 Å². The third-order valence-corrected chi connectivity index (χ3v) is 3.25. The van der Waals surface area contributed by atoms with Crippen molar-refractivity contribution in [3.63, 3.8) is 0 Å². The van der Waals surface area contributed by atoms with E-state index in [9.17, 15) is 0 Å². The zero-order valence-corrected chi connectivity index (χ0v) is 12.9. The molecular weight excluding hydrogens is 258 g/mol. The topological polar surface area (TPSA) is 62.4 Å². The molecule has 19 heavy (non-hydrogen) atoms. The fourth-order valence-corrected chi connectivity index (χ4v) is 2.49. The lowest BCUT2D eigenvalue weighted by Gasteiger charge is -2.31. The number of rotatable bonds is 6. The minimum Gasteiger partial charge on any atom is -0.396 e. The first-order valence-electron chi connectivity index (χ1n) is 6.54. The Bertz CT molecular complexity index is 460. The lowest BCUT2D eigenvalue weighted by atomic mass is 10.1. The van der Waals surface area contributed by atoms with Crippen LogP contribution in [-0.4, -0.2) is 34.3 Å². The van der Waals surface area contributed by atoms with Gasteiger partial charge in [-0.3, -0.25) is 4.98 Å². The van der Waals surface area contributed by atoms with Crippen molar-refractivity contribution in [3.8, 4) is 0 Å². The van der Waals surface area contributed by atoms with Crippen molar-refractivity contribution in [1.82, 2.24) is 4.98 Å². The van der Waals surface area contributed by atoms with Crippen molar-refractivity contribution in [2.45, 2.75) is 40.2 Å². The second-order valence-electron chi connectivity index (χ2n) is 4.97.